The fraction of sp³-hybridized carbons (Fsp3) is 0.277. The highest BCUT2D eigenvalue weighted by Crippen LogP contribution is 2.42. The van der Waals surface area contributed by atoms with E-state index in [0.717, 1.165) is 93.6 Å². The average molecular weight is 1320 g/mol. The van der Waals surface area contributed by atoms with Crippen molar-refractivity contribution >= 4 is 112 Å². The highest BCUT2D eigenvalue weighted by Gasteiger charge is 2.23. The largest absolute Gasteiger partial charge is 0.0984 e. The minimum absolute atomic E-state index is 0.0476. The van der Waals surface area contributed by atoms with E-state index in [-0.39, 0.29) is 16.2 Å². The predicted octanol–water partition coefficient (Wildman–Crippen LogP) is 21.8. The van der Waals surface area contributed by atoms with E-state index in [1.165, 1.54) is 50.1 Å². The highest BCUT2D eigenvalue weighted by atomic mass is 79.9. The molecule has 6 aromatic rings. The van der Waals surface area contributed by atoms with Crippen molar-refractivity contribution in [3.63, 3.8) is 0 Å². The second kappa shape index (κ2) is 22.6. The van der Waals surface area contributed by atoms with E-state index >= 15 is 0 Å². The molecule has 6 aromatic carbocycles. The van der Waals surface area contributed by atoms with Gasteiger partial charge < -0.3 is 0 Å². The summed E-state index contributed by atoms with van der Waals surface area (Å²) in [6.07, 6.45) is 17.5. The molecule has 0 spiro atoms. The molecule has 6 rings (SSSR count). The van der Waals surface area contributed by atoms with Crippen LogP contribution in [-0.4, -0.2) is 0 Å². The minimum Gasteiger partial charge on any atom is -0.0984 e. The Bertz CT molecular complexity index is 3010. The zero-order valence-corrected chi connectivity index (χ0v) is 53.4. The van der Waals surface area contributed by atoms with E-state index in [0.29, 0.717) is 0 Å². The van der Waals surface area contributed by atoms with Crippen molar-refractivity contribution in [2.45, 2.75) is 120 Å². The molecule has 0 aliphatic carbocycles. The van der Waals surface area contributed by atoms with Gasteiger partial charge in [0.2, 0.25) is 0 Å². The van der Waals surface area contributed by atoms with Gasteiger partial charge in [-0.05, 0) is 223 Å². The summed E-state index contributed by atoms with van der Waals surface area (Å²) in [6.45, 7) is 42.3. The number of rotatable bonds is 12. The van der Waals surface area contributed by atoms with E-state index < -0.39 is 0 Å². The smallest absolute Gasteiger partial charge is 0.0531 e. The van der Waals surface area contributed by atoms with Crippen LogP contribution in [0.3, 0.4) is 0 Å². The standard InChI is InChI=1S/C65H64Br6/c1-18-43(46-29-59(68)55(60(69)30-46)34-52-39(5)22-49(23-40(52)6)64(12,13)14)26-45(47-31-61(70)56(62(71)32-47)35-53-41(7)24-50(25-42(53)8)65(15,16)17)19-36(2)44-27-57(66)54(58(67)28-44)33-51-37(3)20-48(21-38(51)4)63(9,10)11/h18-32H,1-2H2,3-17H3/b43-26+,45-19-. The van der Waals surface area contributed by atoms with Gasteiger partial charge in [0.25, 0.3) is 0 Å². The van der Waals surface area contributed by atoms with E-state index in [1.807, 2.05) is 6.08 Å². The first-order chi connectivity index (χ1) is 32.9. The summed E-state index contributed by atoms with van der Waals surface area (Å²) in [5, 5.41) is 0. The lowest BCUT2D eigenvalue weighted by atomic mass is 9.83. The molecule has 6 radical (unpaired) electrons. The second-order valence-corrected chi connectivity index (χ2v) is 27.1. The average Bonchev–Trinajstić information content (AvgIpc) is 3.24. The molecule has 0 aliphatic rings. The third-order valence-corrected chi connectivity index (χ3v) is 16.7. The molecule has 0 unspecified atom stereocenters. The monoisotopic (exact) mass is 1320 g/mol. The number of aryl methyl sites for hydroxylation is 6. The Morgan fingerprint density at radius 1 is 0.366 bits per heavy atom. The van der Waals surface area contributed by atoms with Gasteiger partial charge in [-0.15, -0.1) is 0 Å². The summed E-state index contributed by atoms with van der Waals surface area (Å²) in [5.74, 6) is 0. The van der Waals surface area contributed by atoms with Gasteiger partial charge >= 0.3 is 0 Å². The van der Waals surface area contributed by atoms with E-state index in [2.05, 4.69) is 317 Å². The van der Waals surface area contributed by atoms with Gasteiger partial charge in [-0.3, -0.25) is 0 Å². The molecule has 0 aromatic heterocycles. The van der Waals surface area contributed by atoms with Crippen LogP contribution in [0.4, 0.5) is 0 Å². The van der Waals surface area contributed by atoms with Crippen molar-refractivity contribution in [3.8, 4) is 0 Å². The van der Waals surface area contributed by atoms with Crippen molar-refractivity contribution in [2.24, 2.45) is 0 Å². The zero-order chi connectivity index (χ0) is 52.8. The summed E-state index contributed by atoms with van der Waals surface area (Å²) < 4.78 is 5.50. The van der Waals surface area contributed by atoms with Crippen LogP contribution in [-0.2, 0) is 16.2 Å². The summed E-state index contributed by atoms with van der Waals surface area (Å²) >= 11 is 23.8. The number of benzene rings is 6. The minimum atomic E-state index is 0.0476. The lowest BCUT2D eigenvalue weighted by Crippen LogP contribution is -2.12. The number of halogens is 6. The van der Waals surface area contributed by atoms with Gasteiger partial charge in [-0.1, -0.05) is 214 Å². The summed E-state index contributed by atoms with van der Waals surface area (Å²) in [7, 11) is 0. The Morgan fingerprint density at radius 3 is 0.845 bits per heavy atom. The summed E-state index contributed by atoms with van der Waals surface area (Å²) in [4.78, 5) is 0. The Kier molecular flexibility index (Phi) is 18.2. The predicted molar refractivity (Wildman–Crippen MR) is 329 cm³/mol. The molecule has 0 fully saturated rings. The van der Waals surface area contributed by atoms with E-state index in [4.69, 9.17) is 0 Å². The zero-order valence-electron chi connectivity index (χ0n) is 43.8. The number of hydrogen-bond donors (Lipinski definition) is 0. The number of hydrogen-bond acceptors (Lipinski definition) is 0. The van der Waals surface area contributed by atoms with Gasteiger partial charge in [0, 0.05) is 26.8 Å². The molecule has 0 atom stereocenters. The maximum Gasteiger partial charge on any atom is 0.0531 e. The summed E-state index contributed by atoms with van der Waals surface area (Å²) in [6, 6.07) is 26.6. The van der Waals surface area contributed by atoms with Crippen molar-refractivity contribution in [2.75, 3.05) is 0 Å². The normalized spacial score (nSPS) is 12.7. The Labute approximate surface area is 478 Å². The third kappa shape index (κ3) is 13.5. The summed E-state index contributed by atoms with van der Waals surface area (Å²) in [5.41, 5.74) is 23.0. The molecule has 0 saturated carbocycles. The molecule has 0 N–H and O–H groups in total. The molecule has 366 valence electrons. The molecule has 0 heterocycles. The molecule has 0 amide bonds. The quantitative estimate of drug-likeness (QED) is 0.107. The highest BCUT2D eigenvalue weighted by molar-refractivity contribution is 9.11. The van der Waals surface area contributed by atoms with Crippen LogP contribution in [0.1, 0.15) is 162 Å². The van der Waals surface area contributed by atoms with E-state index in [1.54, 1.807) is 0 Å². The SMILES string of the molecule is C=C/C(=C\C(=C\C(=C)c1cc(Br)c([C]c2c(C)cc(C(C)(C)C)cc2C)c(Br)c1)c1cc(Br)c([C]c2c(C)cc(C(C)(C)C)cc2C)c(Br)c1)c1cc(Br)c([C]c2c(C)cc(C(C)(C)C)cc2C)c(Br)c1. The first-order valence-corrected chi connectivity index (χ1v) is 28.5. The molecular weight excluding hydrogens is 1260 g/mol. The van der Waals surface area contributed by atoms with Crippen LogP contribution in [0.5, 0.6) is 0 Å². The van der Waals surface area contributed by atoms with Gasteiger partial charge in [0.15, 0.2) is 0 Å². The van der Waals surface area contributed by atoms with Crippen LogP contribution in [0.25, 0.3) is 16.7 Å². The van der Waals surface area contributed by atoms with E-state index in [9.17, 15) is 0 Å². The molecule has 0 nitrogen and oxygen atoms in total. The van der Waals surface area contributed by atoms with Gasteiger partial charge in [0.05, 0.1) is 19.3 Å². The van der Waals surface area contributed by atoms with Crippen molar-refractivity contribution < 1.29 is 0 Å². The fourth-order valence-electron chi connectivity index (χ4n) is 8.66. The molecule has 71 heavy (non-hydrogen) atoms. The first kappa shape index (κ1) is 57.4. The van der Waals surface area contributed by atoms with Gasteiger partial charge in [0.1, 0.15) is 0 Å². The Balaban J connectivity index is 1.44. The lowest BCUT2D eigenvalue weighted by Gasteiger charge is -2.23. The molecule has 0 aliphatic heterocycles. The van der Waals surface area contributed by atoms with Crippen molar-refractivity contribution in [1.82, 2.24) is 0 Å². The van der Waals surface area contributed by atoms with Crippen molar-refractivity contribution in [1.29, 1.82) is 0 Å². The number of allylic oxidation sites excluding steroid dienone is 6. The lowest BCUT2D eigenvalue weighted by molar-refractivity contribution is 0.588. The third-order valence-electron chi connectivity index (χ3n) is 13.0. The molecule has 6 heteroatoms. The van der Waals surface area contributed by atoms with Crippen LogP contribution in [0.15, 0.2) is 131 Å². The van der Waals surface area contributed by atoms with Crippen LogP contribution < -0.4 is 0 Å². The van der Waals surface area contributed by atoms with Gasteiger partial charge in [-0.2, -0.15) is 0 Å². The van der Waals surface area contributed by atoms with Crippen LogP contribution >= 0.6 is 95.6 Å². The molecular formula is C65H64Br6. The topological polar surface area (TPSA) is 0 Å². The maximum atomic E-state index is 4.67. The Hall–Kier alpha value is -2.84. The van der Waals surface area contributed by atoms with Crippen LogP contribution in [0, 0.1) is 60.8 Å². The second-order valence-electron chi connectivity index (χ2n) is 22.0. The maximum absolute atomic E-state index is 4.67. The fourth-order valence-corrected chi connectivity index (χ4v) is 12.8. The van der Waals surface area contributed by atoms with Crippen LogP contribution in [0.2, 0.25) is 0 Å². The molecule has 0 saturated heterocycles. The first-order valence-electron chi connectivity index (χ1n) is 23.8. The molecule has 0 bridgehead atoms. The Morgan fingerprint density at radius 2 is 0.606 bits per heavy atom. The van der Waals surface area contributed by atoms with Gasteiger partial charge in [-0.25, -0.2) is 0 Å². The van der Waals surface area contributed by atoms with Crippen molar-refractivity contribution in [3.05, 3.63) is 250 Å².